The standard InChI is InChI=1S/C57H37N3S/c1-3-17-38(18-4-1)40-21-15-23-42(35-40)55-58-56(43-24-16-22-41(36-43)39-19-5-2-6-20-39)60-57(59-55)44-33-34-49-47-27-8-7-25-45(47)46-26-9-10-28-48(46)50-29-11-13-31-53(50)61-54-32-14-12-30-51(54)52(49)37-44/h1-37H. The van der Waals surface area contributed by atoms with Gasteiger partial charge >= 0.3 is 0 Å². The van der Waals surface area contributed by atoms with Gasteiger partial charge in [0.25, 0.3) is 0 Å². The summed E-state index contributed by atoms with van der Waals surface area (Å²) >= 11 is 1.81. The minimum absolute atomic E-state index is 0.612. The van der Waals surface area contributed by atoms with E-state index in [1.54, 1.807) is 0 Å². The highest BCUT2D eigenvalue weighted by atomic mass is 32.2. The normalized spacial score (nSPS) is 11.5. The maximum atomic E-state index is 5.29. The van der Waals surface area contributed by atoms with Crippen LogP contribution >= 0.6 is 11.8 Å². The average molecular weight is 796 g/mol. The van der Waals surface area contributed by atoms with Crippen LogP contribution < -0.4 is 0 Å². The van der Waals surface area contributed by atoms with Crippen molar-refractivity contribution in [2.24, 2.45) is 0 Å². The fraction of sp³-hybridized carbons (Fsp3) is 0. The maximum Gasteiger partial charge on any atom is 0.164 e. The van der Waals surface area contributed by atoms with Gasteiger partial charge in [-0.3, -0.25) is 0 Å². The third-order valence-corrected chi connectivity index (χ3v) is 12.5. The van der Waals surface area contributed by atoms with Crippen LogP contribution in [0.3, 0.4) is 0 Å². The molecule has 0 radical (unpaired) electrons. The Morgan fingerprint density at radius 2 is 0.541 bits per heavy atom. The van der Waals surface area contributed by atoms with Gasteiger partial charge in [0.15, 0.2) is 17.5 Å². The van der Waals surface area contributed by atoms with Crippen molar-refractivity contribution < 1.29 is 0 Å². The molecule has 1 aromatic heterocycles. The fourth-order valence-corrected chi connectivity index (χ4v) is 9.53. The topological polar surface area (TPSA) is 38.7 Å². The number of nitrogens with zero attached hydrogens (tertiary/aromatic N) is 3. The summed E-state index contributed by atoms with van der Waals surface area (Å²) in [6.07, 6.45) is 0. The van der Waals surface area contributed by atoms with Gasteiger partial charge in [-0.25, -0.2) is 15.0 Å². The largest absolute Gasteiger partial charge is 0.208 e. The van der Waals surface area contributed by atoms with Crippen LogP contribution in [0.25, 0.3) is 101 Å². The molecule has 0 N–H and O–H groups in total. The molecular weight excluding hydrogens is 759 g/mol. The molecule has 0 amide bonds. The summed E-state index contributed by atoms with van der Waals surface area (Å²) in [5.74, 6) is 1.85. The molecule has 0 fully saturated rings. The first kappa shape index (κ1) is 36.4. The van der Waals surface area contributed by atoms with E-state index in [1.165, 1.54) is 37.6 Å². The SMILES string of the molecule is c1ccc(-c2cccc(-c3nc(-c4cccc(-c5ccccc5)c4)nc(-c4ccc5c(c4)-c4ccccc4Sc4ccccc4-c4ccccc4-c4ccccc4-5)n3)c2)cc1. The second-order valence-corrected chi connectivity index (χ2v) is 16.2. The Hall–Kier alpha value is -7.66. The van der Waals surface area contributed by atoms with E-state index in [0.717, 1.165) is 55.6 Å². The number of hydrogen-bond donors (Lipinski definition) is 0. The summed E-state index contributed by atoms with van der Waals surface area (Å²) in [6.45, 7) is 0. The van der Waals surface area contributed by atoms with E-state index in [9.17, 15) is 0 Å². The Kier molecular flexibility index (Phi) is 9.45. The monoisotopic (exact) mass is 795 g/mol. The number of aromatic nitrogens is 3. The average Bonchev–Trinajstić information content (AvgIpc) is 3.36. The molecule has 0 aliphatic carbocycles. The number of benzene rings is 9. The zero-order valence-corrected chi connectivity index (χ0v) is 33.9. The van der Waals surface area contributed by atoms with Gasteiger partial charge in [0.1, 0.15) is 0 Å². The second-order valence-electron chi connectivity index (χ2n) is 15.1. The van der Waals surface area contributed by atoms with Crippen LogP contribution in [0.2, 0.25) is 0 Å². The summed E-state index contributed by atoms with van der Waals surface area (Å²) in [6, 6.07) is 79.7. The lowest BCUT2D eigenvalue weighted by atomic mass is 9.86. The lowest BCUT2D eigenvalue weighted by Gasteiger charge is -2.18. The van der Waals surface area contributed by atoms with Gasteiger partial charge in [0.05, 0.1) is 0 Å². The summed E-state index contributed by atoms with van der Waals surface area (Å²) in [5.41, 5.74) is 16.7. The molecule has 1 aliphatic rings. The van der Waals surface area contributed by atoms with Crippen LogP contribution in [0.4, 0.5) is 0 Å². The molecule has 0 atom stereocenters. The van der Waals surface area contributed by atoms with Gasteiger partial charge in [-0.2, -0.15) is 0 Å². The Morgan fingerprint density at radius 3 is 1.02 bits per heavy atom. The molecule has 4 heteroatoms. The number of rotatable bonds is 5. The minimum atomic E-state index is 0.612. The second kappa shape index (κ2) is 15.8. The molecule has 3 nitrogen and oxygen atoms in total. The van der Waals surface area contributed by atoms with Crippen LogP contribution in [0, 0.1) is 0 Å². The summed E-state index contributed by atoms with van der Waals surface area (Å²) in [5, 5.41) is 0. The van der Waals surface area contributed by atoms with Crippen molar-refractivity contribution in [2.45, 2.75) is 9.79 Å². The van der Waals surface area contributed by atoms with E-state index in [2.05, 4.69) is 212 Å². The Balaban J connectivity index is 1.14. The highest BCUT2D eigenvalue weighted by Crippen LogP contribution is 2.49. The van der Waals surface area contributed by atoms with Crippen molar-refractivity contribution in [3.05, 3.63) is 224 Å². The highest BCUT2D eigenvalue weighted by Gasteiger charge is 2.22. The molecule has 1 aliphatic heterocycles. The highest BCUT2D eigenvalue weighted by molar-refractivity contribution is 7.99. The first-order valence-electron chi connectivity index (χ1n) is 20.5. The molecule has 10 aromatic rings. The Bertz CT molecular complexity index is 3130. The molecule has 0 bridgehead atoms. The third-order valence-electron chi connectivity index (χ3n) is 11.4. The molecule has 11 rings (SSSR count). The fourth-order valence-electron chi connectivity index (χ4n) is 8.42. The first-order valence-corrected chi connectivity index (χ1v) is 21.3. The van der Waals surface area contributed by atoms with E-state index in [4.69, 9.17) is 15.0 Å². The Labute approximate surface area is 360 Å². The maximum absolute atomic E-state index is 5.29. The molecule has 0 unspecified atom stereocenters. The van der Waals surface area contributed by atoms with Crippen LogP contribution in [-0.4, -0.2) is 15.0 Å². The van der Waals surface area contributed by atoms with Crippen molar-refractivity contribution in [3.8, 4) is 101 Å². The van der Waals surface area contributed by atoms with E-state index in [0.29, 0.717) is 17.5 Å². The quantitative estimate of drug-likeness (QED) is 0.174. The van der Waals surface area contributed by atoms with Gasteiger partial charge in [0, 0.05) is 26.5 Å². The molecule has 0 saturated heterocycles. The molecule has 61 heavy (non-hydrogen) atoms. The van der Waals surface area contributed by atoms with E-state index < -0.39 is 0 Å². The molecule has 286 valence electrons. The van der Waals surface area contributed by atoms with Crippen molar-refractivity contribution in [1.82, 2.24) is 15.0 Å². The van der Waals surface area contributed by atoms with Crippen molar-refractivity contribution >= 4 is 11.8 Å². The van der Waals surface area contributed by atoms with Gasteiger partial charge in [-0.05, 0) is 97.1 Å². The van der Waals surface area contributed by atoms with Gasteiger partial charge in [0.2, 0.25) is 0 Å². The lowest BCUT2D eigenvalue weighted by Crippen LogP contribution is -2.01. The number of hydrogen-bond acceptors (Lipinski definition) is 4. The zero-order valence-electron chi connectivity index (χ0n) is 33.1. The van der Waals surface area contributed by atoms with Crippen LogP contribution in [0.15, 0.2) is 234 Å². The van der Waals surface area contributed by atoms with E-state index >= 15 is 0 Å². The van der Waals surface area contributed by atoms with E-state index in [-0.39, 0.29) is 0 Å². The molecule has 9 aromatic carbocycles. The zero-order chi connectivity index (χ0) is 40.5. The summed E-state index contributed by atoms with van der Waals surface area (Å²) in [7, 11) is 0. The molecular formula is C57H37N3S. The van der Waals surface area contributed by atoms with Gasteiger partial charge < -0.3 is 0 Å². The van der Waals surface area contributed by atoms with Crippen molar-refractivity contribution in [2.75, 3.05) is 0 Å². The van der Waals surface area contributed by atoms with Gasteiger partial charge in [-0.15, -0.1) is 0 Å². The summed E-state index contributed by atoms with van der Waals surface area (Å²) in [4.78, 5) is 18.2. The number of fused-ring (bicyclic) bond motifs is 9. The third kappa shape index (κ3) is 7.03. The molecule has 0 spiro atoms. The van der Waals surface area contributed by atoms with E-state index in [1.807, 2.05) is 23.9 Å². The molecule has 2 heterocycles. The van der Waals surface area contributed by atoms with Crippen molar-refractivity contribution in [3.63, 3.8) is 0 Å². The predicted molar refractivity (Wildman–Crippen MR) is 253 cm³/mol. The van der Waals surface area contributed by atoms with Crippen molar-refractivity contribution in [1.29, 1.82) is 0 Å². The minimum Gasteiger partial charge on any atom is -0.208 e. The van der Waals surface area contributed by atoms with Crippen LogP contribution in [-0.2, 0) is 0 Å². The smallest absolute Gasteiger partial charge is 0.164 e. The summed E-state index contributed by atoms with van der Waals surface area (Å²) < 4.78 is 0. The van der Waals surface area contributed by atoms with Gasteiger partial charge in [-0.1, -0.05) is 206 Å². The molecule has 0 saturated carbocycles. The predicted octanol–water partition coefficient (Wildman–Crippen LogP) is 15.3. The lowest BCUT2D eigenvalue weighted by molar-refractivity contribution is 1.07. The van der Waals surface area contributed by atoms with Crippen LogP contribution in [0.5, 0.6) is 0 Å². The van der Waals surface area contributed by atoms with Crippen LogP contribution in [0.1, 0.15) is 0 Å². The first-order chi connectivity index (χ1) is 30.2. The Morgan fingerprint density at radius 1 is 0.213 bits per heavy atom.